The van der Waals surface area contributed by atoms with Crippen LogP contribution >= 0.6 is 15.9 Å². The zero-order valence-electron chi connectivity index (χ0n) is 12.4. The van der Waals surface area contributed by atoms with E-state index in [1.165, 1.54) is 24.3 Å². The molecule has 1 N–H and O–H groups in total. The maximum atomic E-state index is 14.2. The highest BCUT2D eigenvalue weighted by molar-refractivity contribution is 9.10. The SMILES string of the molecule is C=CC[C@](CF)(N[S+]([O-])C(C)(C)C)c1cc(Br)ccc1F. The Hall–Kier alpha value is -0.430. The Labute approximate surface area is 136 Å². The third-order valence-corrected chi connectivity index (χ3v) is 5.19. The lowest BCUT2D eigenvalue weighted by molar-refractivity contribution is 0.276. The van der Waals surface area contributed by atoms with Crippen LogP contribution in [0.2, 0.25) is 0 Å². The van der Waals surface area contributed by atoms with Gasteiger partial charge in [-0.25, -0.2) is 8.78 Å². The van der Waals surface area contributed by atoms with Gasteiger partial charge in [-0.15, -0.1) is 11.3 Å². The van der Waals surface area contributed by atoms with Crippen LogP contribution in [0.1, 0.15) is 32.8 Å². The number of halogens is 3. The molecule has 2 atom stereocenters. The van der Waals surface area contributed by atoms with E-state index in [2.05, 4.69) is 27.2 Å². The van der Waals surface area contributed by atoms with Gasteiger partial charge in [0.15, 0.2) is 0 Å². The molecule has 1 aromatic rings. The lowest BCUT2D eigenvalue weighted by atomic mass is 9.88. The number of hydrogen-bond donors (Lipinski definition) is 1. The zero-order valence-corrected chi connectivity index (χ0v) is 14.8. The Morgan fingerprint density at radius 3 is 2.52 bits per heavy atom. The number of rotatable bonds is 6. The van der Waals surface area contributed by atoms with Crippen LogP contribution in [0.5, 0.6) is 0 Å². The van der Waals surface area contributed by atoms with Gasteiger partial charge in [0.25, 0.3) is 0 Å². The van der Waals surface area contributed by atoms with Gasteiger partial charge in [-0.3, -0.25) is 0 Å². The highest BCUT2D eigenvalue weighted by atomic mass is 79.9. The van der Waals surface area contributed by atoms with Crippen LogP contribution in [0.15, 0.2) is 35.3 Å². The zero-order chi connectivity index (χ0) is 16.3. The first-order valence-corrected chi connectivity index (χ1v) is 8.42. The fraction of sp³-hybridized carbons (Fsp3) is 0.467. The van der Waals surface area contributed by atoms with E-state index < -0.39 is 34.1 Å². The molecule has 0 amide bonds. The lowest BCUT2D eigenvalue weighted by Crippen LogP contribution is -2.53. The number of benzene rings is 1. The van der Waals surface area contributed by atoms with E-state index in [4.69, 9.17) is 0 Å². The summed E-state index contributed by atoms with van der Waals surface area (Å²) in [5, 5.41) is 0. The van der Waals surface area contributed by atoms with Crippen molar-refractivity contribution in [1.82, 2.24) is 4.72 Å². The summed E-state index contributed by atoms with van der Waals surface area (Å²) < 4.78 is 43.1. The van der Waals surface area contributed by atoms with Crippen molar-refractivity contribution in [3.63, 3.8) is 0 Å². The molecule has 118 valence electrons. The molecular formula is C15H20BrF2NOS. The molecular weight excluding hydrogens is 360 g/mol. The summed E-state index contributed by atoms with van der Waals surface area (Å²) in [6.07, 6.45) is 1.62. The molecule has 0 bridgehead atoms. The summed E-state index contributed by atoms with van der Waals surface area (Å²) in [5.41, 5.74) is -1.26. The first-order chi connectivity index (χ1) is 9.66. The molecule has 0 spiro atoms. The van der Waals surface area contributed by atoms with Crippen LogP contribution in [0.25, 0.3) is 0 Å². The molecule has 1 unspecified atom stereocenters. The second-order valence-electron chi connectivity index (χ2n) is 5.82. The van der Waals surface area contributed by atoms with Crippen molar-refractivity contribution >= 4 is 27.3 Å². The molecule has 2 nitrogen and oxygen atoms in total. The fourth-order valence-corrected chi connectivity index (χ4v) is 3.07. The molecule has 1 rings (SSSR count). The van der Waals surface area contributed by atoms with Crippen molar-refractivity contribution in [2.75, 3.05) is 6.67 Å². The average molecular weight is 380 g/mol. The highest BCUT2D eigenvalue weighted by Crippen LogP contribution is 2.33. The molecule has 0 aliphatic rings. The fourth-order valence-electron chi connectivity index (χ4n) is 1.80. The van der Waals surface area contributed by atoms with E-state index in [0.29, 0.717) is 4.47 Å². The minimum Gasteiger partial charge on any atom is -0.598 e. The Morgan fingerprint density at radius 2 is 2.05 bits per heavy atom. The van der Waals surface area contributed by atoms with E-state index in [-0.39, 0.29) is 12.0 Å². The van der Waals surface area contributed by atoms with Crippen LogP contribution < -0.4 is 4.72 Å². The average Bonchev–Trinajstić information content (AvgIpc) is 2.39. The Bertz CT molecular complexity index is 507. The number of nitrogens with one attached hydrogen (secondary N) is 1. The van der Waals surface area contributed by atoms with Crippen LogP contribution in [-0.4, -0.2) is 16.0 Å². The van der Waals surface area contributed by atoms with Gasteiger partial charge in [-0.05, 0) is 45.4 Å². The lowest BCUT2D eigenvalue weighted by Gasteiger charge is -2.35. The van der Waals surface area contributed by atoms with Crippen LogP contribution in [0.3, 0.4) is 0 Å². The van der Waals surface area contributed by atoms with Gasteiger partial charge in [-0.2, -0.15) is 0 Å². The van der Waals surface area contributed by atoms with E-state index in [0.717, 1.165) is 0 Å². The number of hydrogen-bond acceptors (Lipinski definition) is 2. The molecule has 0 aliphatic heterocycles. The second-order valence-corrected chi connectivity index (χ2v) is 8.70. The van der Waals surface area contributed by atoms with Crippen LogP contribution in [0, 0.1) is 5.82 Å². The van der Waals surface area contributed by atoms with Gasteiger partial charge >= 0.3 is 0 Å². The van der Waals surface area contributed by atoms with Crippen molar-refractivity contribution in [2.24, 2.45) is 0 Å². The van der Waals surface area contributed by atoms with E-state index in [9.17, 15) is 13.3 Å². The van der Waals surface area contributed by atoms with Crippen molar-refractivity contribution in [3.05, 3.63) is 46.7 Å². The third-order valence-electron chi connectivity index (χ3n) is 3.01. The summed E-state index contributed by atoms with van der Waals surface area (Å²) in [7, 11) is 0. The van der Waals surface area contributed by atoms with Gasteiger partial charge in [0.1, 0.15) is 22.8 Å². The smallest absolute Gasteiger partial charge is 0.136 e. The maximum Gasteiger partial charge on any atom is 0.136 e. The molecule has 0 radical (unpaired) electrons. The van der Waals surface area contributed by atoms with Gasteiger partial charge in [-0.1, -0.05) is 22.0 Å². The van der Waals surface area contributed by atoms with E-state index >= 15 is 0 Å². The quantitative estimate of drug-likeness (QED) is 0.587. The summed E-state index contributed by atoms with van der Waals surface area (Å²) >= 11 is 1.71. The predicted molar refractivity (Wildman–Crippen MR) is 87.6 cm³/mol. The molecule has 6 heteroatoms. The second kappa shape index (κ2) is 7.22. The molecule has 0 fully saturated rings. The van der Waals surface area contributed by atoms with Crippen molar-refractivity contribution < 1.29 is 13.3 Å². The molecule has 0 heterocycles. The summed E-state index contributed by atoms with van der Waals surface area (Å²) in [5.74, 6) is -0.545. The van der Waals surface area contributed by atoms with Crippen molar-refractivity contribution in [1.29, 1.82) is 0 Å². The van der Waals surface area contributed by atoms with Crippen molar-refractivity contribution in [2.45, 2.75) is 37.5 Å². The van der Waals surface area contributed by atoms with Gasteiger partial charge in [0.2, 0.25) is 0 Å². The molecule has 1 aromatic carbocycles. The molecule has 0 aliphatic carbocycles. The molecule has 21 heavy (non-hydrogen) atoms. The summed E-state index contributed by atoms with van der Waals surface area (Å²) in [6, 6.07) is 4.30. The minimum atomic E-state index is -1.54. The number of alkyl halides is 1. The Balaban J connectivity index is 3.32. The first-order valence-electron chi connectivity index (χ1n) is 6.48. The predicted octanol–water partition coefficient (Wildman–Crippen LogP) is 4.38. The van der Waals surface area contributed by atoms with Crippen molar-refractivity contribution in [3.8, 4) is 0 Å². The van der Waals surface area contributed by atoms with Gasteiger partial charge in [0, 0.05) is 21.4 Å². The standard InChI is InChI=1S/C15H20BrF2NOS/c1-5-8-15(10-17,19-21(20)14(2,3)4)12-9-11(16)6-7-13(12)18/h5-7,9,19H,1,8,10H2,2-4H3/t15-,21?/m1/s1. The Morgan fingerprint density at radius 1 is 1.43 bits per heavy atom. The van der Waals surface area contributed by atoms with Crippen LogP contribution in [-0.2, 0) is 16.9 Å². The van der Waals surface area contributed by atoms with Crippen LogP contribution in [0.4, 0.5) is 8.78 Å². The molecule has 0 saturated carbocycles. The molecule has 0 saturated heterocycles. The third kappa shape index (κ3) is 4.52. The monoisotopic (exact) mass is 379 g/mol. The highest BCUT2D eigenvalue weighted by Gasteiger charge is 2.41. The van der Waals surface area contributed by atoms with Gasteiger partial charge in [0.05, 0.1) is 0 Å². The van der Waals surface area contributed by atoms with E-state index in [1.807, 2.05) is 0 Å². The maximum absolute atomic E-state index is 14.2. The minimum absolute atomic E-state index is 0.124. The van der Waals surface area contributed by atoms with E-state index in [1.54, 1.807) is 20.8 Å². The largest absolute Gasteiger partial charge is 0.598 e. The first kappa shape index (κ1) is 18.6. The van der Waals surface area contributed by atoms with Gasteiger partial charge < -0.3 is 4.55 Å². The normalized spacial score (nSPS) is 16.3. The summed E-state index contributed by atoms with van der Waals surface area (Å²) in [6.45, 7) is 8.01. The Kier molecular flexibility index (Phi) is 6.40. The topological polar surface area (TPSA) is 35.1 Å². The summed E-state index contributed by atoms with van der Waals surface area (Å²) in [4.78, 5) is 0. The molecule has 0 aromatic heterocycles.